The molecule has 1 atom stereocenters. The summed E-state index contributed by atoms with van der Waals surface area (Å²) in [5.74, 6) is -3.74. The molecule has 1 heterocycles. The molecule has 7 nitrogen and oxygen atoms in total. The van der Waals surface area contributed by atoms with Crippen LogP contribution in [0.5, 0.6) is 0 Å². The van der Waals surface area contributed by atoms with Crippen LogP contribution in [-0.2, 0) is 10.1 Å². The highest BCUT2D eigenvalue weighted by atomic mass is 32.2. The van der Waals surface area contributed by atoms with Gasteiger partial charge in [-0.3, -0.25) is 0 Å². The first-order valence-corrected chi connectivity index (χ1v) is 7.48. The minimum Gasteiger partial charge on any atom is -0.744 e. The predicted molar refractivity (Wildman–Crippen MR) is 69.2 cm³/mol. The lowest BCUT2D eigenvalue weighted by atomic mass is 10.0. The molecule has 1 aliphatic heterocycles. The van der Waals surface area contributed by atoms with Gasteiger partial charge in [0.2, 0.25) is 5.88 Å². The molecule has 1 aliphatic rings. The van der Waals surface area contributed by atoms with E-state index in [9.17, 15) is 27.8 Å². The van der Waals surface area contributed by atoms with Crippen LogP contribution in [0.4, 0.5) is 0 Å². The molecule has 8 heteroatoms. The third kappa shape index (κ3) is 1.96. The number of carbonyl (C=O) groups excluding carboxylic acids is 2. The maximum Gasteiger partial charge on any atom is 0.388 e. The van der Waals surface area contributed by atoms with Gasteiger partial charge in [-0.05, 0) is 21.5 Å². The summed E-state index contributed by atoms with van der Waals surface area (Å²) >= 11 is 0. The molecule has 0 fully saturated rings. The van der Waals surface area contributed by atoms with Crippen LogP contribution in [0.15, 0.2) is 36.4 Å². The lowest BCUT2D eigenvalue weighted by molar-refractivity contribution is -0.955. The maximum atomic E-state index is 12.3. The van der Waals surface area contributed by atoms with Crippen molar-refractivity contribution in [1.29, 1.82) is 0 Å². The van der Waals surface area contributed by atoms with E-state index in [2.05, 4.69) is 0 Å². The molecule has 2 aromatic carbocycles. The van der Waals surface area contributed by atoms with Gasteiger partial charge in [-0.2, -0.15) is 5.21 Å². The topological polar surface area (TPSA) is 112 Å². The second-order valence-electron chi connectivity index (χ2n) is 4.78. The Labute approximate surface area is 119 Å². The average Bonchev–Trinajstić information content (AvgIpc) is 2.59. The van der Waals surface area contributed by atoms with Crippen molar-refractivity contribution in [2.75, 3.05) is 5.88 Å². The van der Waals surface area contributed by atoms with Gasteiger partial charge in [0.05, 0.1) is 0 Å². The molecule has 1 N–H and O–H groups in total. The van der Waals surface area contributed by atoms with Crippen LogP contribution in [0.2, 0.25) is 0 Å². The van der Waals surface area contributed by atoms with Crippen LogP contribution in [-0.4, -0.2) is 40.5 Å². The summed E-state index contributed by atoms with van der Waals surface area (Å²) in [5, 5.41) is 11.2. The summed E-state index contributed by atoms with van der Waals surface area (Å²) in [7, 11) is -4.97. The fourth-order valence-corrected chi connectivity index (χ4v) is 3.19. The van der Waals surface area contributed by atoms with E-state index in [1.54, 1.807) is 30.3 Å². The third-order valence-corrected chi connectivity index (χ3v) is 4.08. The van der Waals surface area contributed by atoms with Crippen molar-refractivity contribution in [1.82, 2.24) is 0 Å². The molecule has 3 rings (SSSR count). The molecule has 21 heavy (non-hydrogen) atoms. The van der Waals surface area contributed by atoms with Crippen molar-refractivity contribution in [2.24, 2.45) is 0 Å². The number of amides is 2. The van der Waals surface area contributed by atoms with Gasteiger partial charge in [0.15, 0.2) is 10.1 Å². The Bertz CT molecular complexity index is 904. The summed E-state index contributed by atoms with van der Waals surface area (Å²) in [6.07, 6.45) is 0. The van der Waals surface area contributed by atoms with Crippen LogP contribution < -0.4 is 0 Å². The average molecular weight is 307 g/mol. The number of fused-ring (bicyclic) bond motifs is 3. The van der Waals surface area contributed by atoms with E-state index in [1.807, 2.05) is 0 Å². The number of hydrogen-bond donors (Lipinski definition) is 1. The van der Waals surface area contributed by atoms with E-state index < -0.39 is 32.5 Å². The van der Waals surface area contributed by atoms with Gasteiger partial charge in [-0.25, -0.2) is 18.0 Å². The number of nitrogens with zero attached hydrogens (tertiary/aromatic N) is 1. The molecule has 0 bridgehead atoms. The zero-order chi connectivity index (χ0) is 15.4. The number of hydrogen-bond acceptors (Lipinski definition) is 6. The molecule has 0 saturated heterocycles. The first-order chi connectivity index (χ1) is 9.74. The summed E-state index contributed by atoms with van der Waals surface area (Å²) < 4.78 is 30.5. The van der Waals surface area contributed by atoms with E-state index in [0.29, 0.717) is 10.8 Å². The Kier molecular flexibility index (Phi) is 2.76. The standard InChI is InChI=1S/C13H9NO6S/c15-12-10-6-5-8-3-1-2-4-9(8)11(10)13(16)14(12,17)7-21(18,19)20/h1-6,17H,7H2. The van der Waals surface area contributed by atoms with Crippen molar-refractivity contribution < 1.29 is 32.4 Å². The summed E-state index contributed by atoms with van der Waals surface area (Å²) in [6, 6.07) is 9.60. The van der Waals surface area contributed by atoms with E-state index in [0.717, 1.165) is 0 Å². The van der Waals surface area contributed by atoms with Gasteiger partial charge in [-0.15, -0.1) is 0 Å². The number of rotatable bonds is 2. The van der Waals surface area contributed by atoms with Crippen molar-refractivity contribution >= 4 is 32.7 Å². The second kappa shape index (κ2) is 4.18. The second-order valence-corrected chi connectivity index (χ2v) is 6.15. The minimum atomic E-state index is -4.97. The molecule has 0 aromatic heterocycles. The molecule has 108 valence electrons. The first-order valence-electron chi connectivity index (χ1n) is 5.90. The van der Waals surface area contributed by atoms with Crippen molar-refractivity contribution in [2.45, 2.75) is 0 Å². The highest BCUT2D eigenvalue weighted by Crippen LogP contribution is 2.34. The molecule has 2 aromatic rings. The fraction of sp³-hybridized carbons (Fsp3) is 0.0769. The lowest BCUT2D eigenvalue weighted by Crippen LogP contribution is -2.52. The number of imide groups is 1. The van der Waals surface area contributed by atoms with Gasteiger partial charge in [-0.1, -0.05) is 30.3 Å². The van der Waals surface area contributed by atoms with Gasteiger partial charge >= 0.3 is 11.8 Å². The Morgan fingerprint density at radius 1 is 1.05 bits per heavy atom. The summed E-state index contributed by atoms with van der Waals surface area (Å²) in [5.41, 5.74) is -0.158. The number of hydroxylamine groups is 3. The Hall–Kier alpha value is -2.13. The normalized spacial score (nSPS) is 21.8. The maximum absolute atomic E-state index is 12.3. The molecule has 0 spiro atoms. The van der Waals surface area contributed by atoms with Crippen molar-refractivity contribution in [3.8, 4) is 0 Å². The fourth-order valence-electron chi connectivity index (χ4n) is 2.50. The predicted octanol–water partition coefficient (Wildman–Crippen LogP) is 0.843. The molecule has 0 radical (unpaired) electrons. The highest BCUT2D eigenvalue weighted by Gasteiger charge is 2.56. The van der Waals surface area contributed by atoms with Crippen LogP contribution in [0.25, 0.3) is 10.8 Å². The largest absolute Gasteiger partial charge is 0.744 e. The smallest absolute Gasteiger partial charge is 0.388 e. The van der Waals surface area contributed by atoms with Crippen LogP contribution in [0.3, 0.4) is 0 Å². The number of quaternary nitrogens is 1. The molecular weight excluding hydrogens is 298 g/mol. The van der Waals surface area contributed by atoms with Crippen LogP contribution >= 0.6 is 0 Å². The van der Waals surface area contributed by atoms with Gasteiger partial charge in [0.25, 0.3) is 0 Å². The van der Waals surface area contributed by atoms with Gasteiger partial charge in [0.1, 0.15) is 11.1 Å². The van der Waals surface area contributed by atoms with Gasteiger partial charge < -0.3 is 4.55 Å². The lowest BCUT2D eigenvalue weighted by Gasteiger charge is -2.20. The number of carbonyl (C=O) groups is 2. The number of benzene rings is 2. The van der Waals surface area contributed by atoms with E-state index in [4.69, 9.17) is 0 Å². The summed E-state index contributed by atoms with van der Waals surface area (Å²) in [6.45, 7) is 0. The minimum absolute atomic E-state index is 0.0655. The summed E-state index contributed by atoms with van der Waals surface area (Å²) in [4.78, 5) is 24.5. The molecule has 1 unspecified atom stereocenters. The highest BCUT2D eigenvalue weighted by molar-refractivity contribution is 7.85. The van der Waals surface area contributed by atoms with E-state index in [-0.39, 0.29) is 11.1 Å². The molecular formula is C13H9NO6S. The Morgan fingerprint density at radius 2 is 1.71 bits per heavy atom. The molecule has 0 aliphatic carbocycles. The first kappa shape index (κ1) is 13.8. The van der Waals surface area contributed by atoms with Crippen LogP contribution in [0, 0.1) is 0 Å². The van der Waals surface area contributed by atoms with Gasteiger partial charge in [0, 0.05) is 0 Å². The quantitative estimate of drug-likeness (QED) is 0.381. The monoisotopic (exact) mass is 307 g/mol. The zero-order valence-corrected chi connectivity index (χ0v) is 11.3. The molecule has 2 amide bonds. The third-order valence-electron chi connectivity index (χ3n) is 3.39. The van der Waals surface area contributed by atoms with Crippen LogP contribution in [0.1, 0.15) is 20.7 Å². The molecule has 0 saturated carbocycles. The zero-order valence-electron chi connectivity index (χ0n) is 10.5. The van der Waals surface area contributed by atoms with E-state index >= 15 is 0 Å². The SMILES string of the molecule is O=C1c2ccc3ccccc3c2C(=O)[N+]1(O)CS(=O)(=O)[O-]. The Morgan fingerprint density at radius 3 is 2.38 bits per heavy atom. The van der Waals surface area contributed by atoms with Crippen molar-refractivity contribution in [3.63, 3.8) is 0 Å². The van der Waals surface area contributed by atoms with Crippen molar-refractivity contribution in [3.05, 3.63) is 47.5 Å². The Balaban J connectivity index is 2.28. The van der Waals surface area contributed by atoms with E-state index in [1.165, 1.54) is 6.07 Å².